The second-order valence-corrected chi connectivity index (χ2v) is 5.22. The Balaban J connectivity index is 1.93. The molecule has 0 saturated carbocycles. The van der Waals surface area contributed by atoms with Gasteiger partial charge in [-0.05, 0) is 49.1 Å². The predicted molar refractivity (Wildman–Crippen MR) is 86.1 cm³/mol. The number of amides is 2. The molecule has 0 aliphatic rings. The van der Waals surface area contributed by atoms with Crippen LogP contribution in [0.1, 0.15) is 16.7 Å². The molecule has 0 bridgehead atoms. The van der Waals surface area contributed by atoms with E-state index in [0.29, 0.717) is 18.7 Å². The van der Waals surface area contributed by atoms with Crippen molar-refractivity contribution in [1.82, 2.24) is 14.9 Å². The molecule has 0 aliphatic heterocycles. The summed E-state index contributed by atoms with van der Waals surface area (Å²) in [5.41, 5.74) is 3.06. The summed E-state index contributed by atoms with van der Waals surface area (Å²) in [5.74, 6) is 0. The summed E-state index contributed by atoms with van der Waals surface area (Å²) in [6, 6.07) is 3.35. The van der Waals surface area contributed by atoms with Gasteiger partial charge in [-0.25, -0.2) is 4.79 Å². The maximum Gasteiger partial charge on any atom is 0.319 e. The van der Waals surface area contributed by atoms with Crippen LogP contribution < -0.4 is 16.2 Å². The number of pyridine rings is 2. The zero-order valence-electron chi connectivity index (χ0n) is 13.0. The lowest BCUT2D eigenvalue weighted by molar-refractivity contribution is 0.252. The van der Waals surface area contributed by atoms with Gasteiger partial charge >= 0.3 is 6.03 Å². The Kier molecular flexibility index (Phi) is 4.93. The minimum Gasteiger partial charge on any atom is -0.338 e. The van der Waals surface area contributed by atoms with Gasteiger partial charge in [-0.1, -0.05) is 0 Å². The van der Waals surface area contributed by atoms with Crippen LogP contribution in [0.5, 0.6) is 0 Å². The van der Waals surface area contributed by atoms with E-state index in [-0.39, 0.29) is 11.6 Å². The van der Waals surface area contributed by atoms with Crippen molar-refractivity contribution in [3.8, 4) is 0 Å². The number of rotatable bonds is 4. The van der Waals surface area contributed by atoms with E-state index in [1.165, 1.54) is 4.57 Å². The van der Waals surface area contributed by atoms with E-state index in [2.05, 4.69) is 15.6 Å². The standard InChI is InChI=1S/C16H20N4O2/c1-11-6-9-20(3)15(21)14(11)19-16(22)18-8-5-13-4-7-17-10-12(13)2/h4,6-7,9-10H,5,8H2,1-3H3,(H2,18,19,22). The number of carbonyl (C=O) groups excluding carboxylic acids is 1. The van der Waals surface area contributed by atoms with Gasteiger partial charge in [-0.15, -0.1) is 0 Å². The summed E-state index contributed by atoms with van der Waals surface area (Å²) >= 11 is 0. The fourth-order valence-electron chi connectivity index (χ4n) is 2.12. The first-order valence-electron chi connectivity index (χ1n) is 7.09. The van der Waals surface area contributed by atoms with Crippen molar-refractivity contribution < 1.29 is 4.79 Å². The normalized spacial score (nSPS) is 10.3. The van der Waals surface area contributed by atoms with Gasteiger partial charge < -0.3 is 15.2 Å². The van der Waals surface area contributed by atoms with Crippen LogP contribution in [0, 0.1) is 13.8 Å². The smallest absolute Gasteiger partial charge is 0.319 e. The molecule has 2 N–H and O–H groups in total. The SMILES string of the molecule is Cc1cnccc1CCNC(=O)Nc1c(C)ccn(C)c1=O. The first-order valence-corrected chi connectivity index (χ1v) is 7.09. The molecule has 2 rings (SSSR count). The maximum atomic E-state index is 12.0. The van der Waals surface area contributed by atoms with Gasteiger partial charge in [0.2, 0.25) is 0 Å². The number of urea groups is 1. The average Bonchev–Trinajstić information content (AvgIpc) is 2.49. The third-order valence-electron chi connectivity index (χ3n) is 3.53. The summed E-state index contributed by atoms with van der Waals surface area (Å²) in [5, 5.41) is 5.39. The number of nitrogens with one attached hydrogen (secondary N) is 2. The van der Waals surface area contributed by atoms with Crippen LogP contribution in [0.4, 0.5) is 10.5 Å². The van der Waals surface area contributed by atoms with E-state index in [9.17, 15) is 9.59 Å². The molecule has 0 unspecified atom stereocenters. The molecule has 0 radical (unpaired) electrons. The molecule has 22 heavy (non-hydrogen) atoms. The van der Waals surface area contributed by atoms with Gasteiger partial charge in [0.05, 0.1) is 0 Å². The minimum atomic E-state index is -0.377. The summed E-state index contributed by atoms with van der Waals surface area (Å²) in [6.45, 7) is 4.26. The molecule has 2 aromatic rings. The Hall–Kier alpha value is -2.63. The topological polar surface area (TPSA) is 76.0 Å². The minimum absolute atomic E-state index is 0.222. The number of aryl methyl sites for hydroxylation is 3. The highest BCUT2D eigenvalue weighted by Gasteiger charge is 2.09. The number of hydrogen-bond acceptors (Lipinski definition) is 3. The van der Waals surface area contributed by atoms with Crippen molar-refractivity contribution in [2.75, 3.05) is 11.9 Å². The zero-order chi connectivity index (χ0) is 16.1. The van der Waals surface area contributed by atoms with Gasteiger partial charge in [0.25, 0.3) is 5.56 Å². The van der Waals surface area contributed by atoms with Crippen LogP contribution in [0.3, 0.4) is 0 Å². The fourth-order valence-corrected chi connectivity index (χ4v) is 2.12. The summed E-state index contributed by atoms with van der Waals surface area (Å²) in [4.78, 5) is 27.9. The van der Waals surface area contributed by atoms with Crippen LogP contribution in [0.2, 0.25) is 0 Å². The van der Waals surface area contributed by atoms with E-state index in [1.807, 2.05) is 13.0 Å². The van der Waals surface area contributed by atoms with Crippen molar-refractivity contribution in [2.45, 2.75) is 20.3 Å². The van der Waals surface area contributed by atoms with Crippen molar-refractivity contribution in [3.63, 3.8) is 0 Å². The Morgan fingerprint density at radius 3 is 2.77 bits per heavy atom. The quantitative estimate of drug-likeness (QED) is 0.903. The number of hydrogen-bond donors (Lipinski definition) is 2. The largest absolute Gasteiger partial charge is 0.338 e. The molecule has 116 valence electrons. The highest BCUT2D eigenvalue weighted by Crippen LogP contribution is 2.07. The van der Waals surface area contributed by atoms with Gasteiger partial charge in [0, 0.05) is 32.2 Å². The van der Waals surface area contributed by atoms with Crippen LogP contribution >= 0.6 is 0 Å². The van der Waals surface area contributed by atoms with Crippen LogP contribution in [-0.2, 0) is 13.5 Å². The molecule has 0 aromatic carbocycles. The van der Waals surface area contributed by atoms with E-state index in [0.717, 1.165) is 16.7 Å². The molecule has 0 atom stereocenters. The van der Waals surface area contributed by atoms with Crippen molar-refractivity contribution in [2.24, 2.45) is 7.05 Å². The van der Waals surface area contributed by atoms with E-state index in [1.54, 1.807) is 38.6 Å². The lowest BCUT2D eigenvalue weighted by Gasteiger charge is -2.11. The Morgan fingerprint density at radius 2 is 2.05 bits per heavy atom. The zero-order valence-corrected chi connectivity index (χ0v) is 13.0. The lowest BCUT2D eigenvalue weighted by atomic mass is 10.1. The Bertz CT molecular complexity index is 737. The Labute approximate surface area is 129 Å². The summed E-state index contributed by atoms with van der Waals surface area (Å²) in [7, 11) is 1.65. The molecule has 0 spiro atoms. The first-order chi connectivity index (χ1) is 10.5. The molecule has 0 fully saturated rings. The third-order valence-corrected chi connectivity index (χ3v) is 3.53. The molecule has 0 saturated heterocycles. The number of anilines is 1. The molecular weight excluding hydrogens is 280 g/mol. The fraction of sp³-hybridized carbons (Fsp3) is 0.312. The second kappa shape index (κ2) is 6.89. The average molecular weight is 300 g/mol. The van der Waals surface area contributed by atoms with Gasteiger partial charge in [0.1, 0.15) is 5.69 Å². The van der Waals surface area contributed by atoms with Crippen molar-refractivity contribution >= 4 is 11.7 Å². The highest BCUT2D eigenvalue weighted by molar-refractivity contribution is 5.89. The summed E-state index contributed by atoms with van der Waals surface area (Å²) in [6.07, 6.45) is 5.92. The second-order valence-electron chi connectivity index (χ2n) is 5.22. The molecule has 2 amide bonds. The van der Waals surface area contributed by atoms with Crippen molar-refractivity contribution in [1.29, 1.82) is 0 Å². The predicted octanol–water partition coefficient (Wildman–Crippen LogP) is 1.76. The Morgan fingerprint density at radius 1 is 1.27 bits per heavy atom. The molecule has 2 heterocycles. The number of aromatic nitrogens is 2. The monoisotopic (exact) mass is 300 g/mol. The number of carbonyl (C=O) groups is 1. The van der Waals surface area contributed by atoms with Crippen LogP contribution in [-0.4, -0.2) is 22.1 Å². The first kappa shape index (κ1) is 15.8. The van der Waals surface area contributed by atoms with Crippen molar-refractivity contribution in [3.05, 3.63) is 57.8 Å². The lowest BCUT2D eigenvalue weighted by Crippen LogP contribution is -2.34. The van der Waals surface area contributed by atoms with Gasteiger partial charge in [-0.2, -0.15) is 0 Å². The van der Waals surface area contributed by atoms with Crippen LogP contribution in [0.25, 0.3) is 0 Å². The summed E-state index contributed by atoms with van der Waals surface area (Å²) < 4.78 is 1.43. The van der Waals surface area contributed by atoms with Crippen LogP contribution in [0.15, 0.2) is 35.5 Å². The van der Waals surface area contributed by atoms with E-state index >= 15 is 0 Å². The third kappa shape index (κ3) is 3.72. The molecule has 0 aliphatic carbocycles. The van der Waals surface area contributed by atoms with Gasteiger partial charge in [-0.3, -0.25) is 9.78 Å². The number of nitrogens with zero attached hydrogens (tertiary/aromatic N) is 2. The molecule has 6 heteroatoms. The van der Waals surface area contributed by atoms with E-state index < -0.39 is 0 Å². The highest BCUT2D eigenvalue weighted by atomic mass is 16.2. The van der Waals surface area contributed by atoms with E-state index in [4.69, 9.17) is 0 Å². The molecule has 6 nitrogen and oxygen atoms in total. The molecular formula is C16H20N4O2. The molecule has 2 aromatic heterocycles. The van der Waals surface area contributed by atoms with Gasteiger partial charge in [0.15, 0.2) is 0 Å². The maximum absolute atomic E-state index is 12.0.